The minimum atomic E-state index is -0.578. The second kappa shape index (κ2) is 8.95. The molecule has 20 heavy (non-hydrogen) atoms. The molecule has 0 saturated heterocycles. The summed E-state index contributed by atoms with van der Waals surface area (Å²) in [5.74, 6) is -0.460. The Morgan fingerprint density at radius 1 is 1.25 bits per heavy atom. The molecule has 1 amide bonds. The molecule has 0 aliphatic heterocycles. The highest BCUT2D eigenvalue weighted by atomic mass is 16.5. The van der Waals surface area contributed by atoms with Crippen molar-refractivity contribution < 1.29 is 19.1 Å². The molecule has 0 bridgehead atoms. The van der Waals surface area contributed by atoms with Gasteiger partial charge in [0.05, 0.1) is 13.2 Å². The predicted molar refractivity (Wildman–Crippen MR) is 76.2 cm³/mol. The van der Waals surface area contributed by atoms with Gasteiger partial charge < -0.3 is 14.8 Å². The number of rotatable bonds is 7. The fourth-order valence-corrected chi connectivity index (χ4v) is 2.45. The molecule has 0 spiro atoms. The maximum absolute atomic E-state index is 12.0. The lowest BCUT2D eigenvalue weighted by molar-refractivity contribution is -0.145. The number of hydrogen-bond donors (Lipinski definition) is 1. The fraction of sp³-hybridized carbons (Fsp3) is 0.867. The molecule has 1 fully saturated rings. The second-order valence-corrected chi connectivity index (χ2v) is 5.45. The Labute approximate surface area is 121 Å². The van der Waals surface area contributed by atoms with Gasteiger partial charge in [-0.1, -0.05) is 13.3 Å². The van der Waals surface area contributed by atoms with Crippen molar-refractivity contribution in [3.63, 3.8) is 0 Å². The highest BCUT2D eigenvalue weighted by Gasteiger charge is 2.28. The third kappa shape index (κ3) is 5.49. The molecule has 0 unspecified atom stereocenters. The smallest absolute Gasteiger partial charge is 0.328 e. The van der Waals surface area contributed by atoms with Gasteiger partial charge in [0.25, 0.3) is 0 Å². The lowest BCUT2D eigenvalue weighted by atomic mass is 9.86. The summed E-state index contributed by atoms with van der Waals surface area (Å²) in [5.41, 5.74) is 0. The van der Waals surface area contributed by atoms with E-state index in [4.69, 9.17) is 4.74 Å². The molecule has 0 aromatic carbocycles. The molecule has 0 aromatic heterocycles. The maximum atomic E-state index is 12.0. The molecule has 5 nitrogen and oxygen atoms in total. The van der Waals surface area contributed by atoms with Gasteiger partial charge in [0, 0.05) is 12.5 Å². The zero-order chi connectivity index (χ0) is 15.0. The van der Waals surface area contributed by atoms with Crippen molar-refractivity contribution in [1.29, 1.82) is 0 Å². The molecule has 1 aliphatic carbocycles. The number of hydrogen-bond acceptors (Lipinski definition) is 4. The van der Waals surface area contributed by atoms with Crippen molar-refractivity contribution in [3.8, 4) is 0 Å². The first-order valence-electron chi connectivity index (χ1n) is 7.58. The maximum Gasteiger partial charge on any atom is 0.328 e. The molecule has 5 heteroatoms. The van der Waals surface area contributed by atoms with Crippen LogP contribution in [-0.4, -0.2) is 37.7 Å². The number of carbonyl (C=O) groups excluding carboxylic acids is 2. The van der Waals surface area contributed by atoms with E-state index in [1.165, 1.54) is 7.11 Å². The van der Waals surface area contributed by atoms with Crippen LogP contribution in [0.1, 0.15) is 52.4 Å². The monoisotopic (exact) mass is 285 g/mol. The molecule has 1 atom stereocenters. The Morgan fingerprint density at radius 2 is 1.90 bits per heavy atom. The van der Waals surface area contributed by atoms with Gasteiger partial charge in [-0.25, -0.2) is 4.79 Å². The predicted octanol–water partition coefficient (Wildman–Crippen LogP) is 2.04. The Morgan fingerprint density at radius 3 is 2.45 bits per heavy atom. The summed E-state index contributed by atoms with van der Waals surface area (Å²) < 4.78 is 10.4. The number of carbonyl (C=O) groups is 2. The number of unbranched alkanes of at least 4 members (excludes halogenated alkanes) is 1. The fourth-order valence-electron chi connectivity index (χ4n) is 2.45. The largest absolute Gasteiger partial charge is 0.467 e. The van der Waals surface area contributed by atoms with Crippen LogP contribution in [0.2, 0.25) is 0 Å². The van der Waals surface area contributed by atoms with Crippen LogP contribution >= 0.6 is 0 Å². The van der Waals surface area contributed by atoms with E-state index in [-0.39, 0.29) is 11.8 Å². The molecular formula is C15H27NO4. The third-order valence-electron chi connectivity index (χ3n) is 3.81. The summed E-state index contributed by atoms with van der Waals surface area (Å²) in [6.07, 6.45) is 6.04. The Balaban J connectivity index is 2.26. The lowest BCUT2D eigenvalue weighted by Gasteiger charge is -2.28. The Bertz CT molecular complexity index is 311. The zero-order valence-electron chi connectivity index (χ0n) is 12.8. The van der Waals surface area contributed by atoms with E-state index in [0.29, 0.717) is 6.10 Å². The molecule has 1 saturated carbocycles. The van der Waals surface area contributed by atoms with Crippen molar-refractivity contribution in [2.24, 2.45) is 5.92 Å². The normalized spacial score (nSPS) is 23.9. The summed E-state index contributed by atoms with van der Waals surface area (Å²) in [7, 11) is 1.32. The molecule has 116 valence electrons. The van der Waals surface area contributed by atoms with Crippen LogP contribution in [0, 0.1) is 5.92 Å². The van der Waals surface area contributed by atoms with Gasteiger partial charge in [-0.05, 0) is 39.0 Å². The molecule has 0 radical (unpaired) electrons. The SMILES string of the molecule is CCCCOC1CCC(C(=O)N[C@@H](C)C(=O)OC)CC1. The summed E-state index contributed by atoms with van der Waals surface area (Å²) in [6, 6.07) is -0.578. The van der Waals surface area contributed by atoms with Crippen LogP contribution in [0.25, 0.3) is 0 Å². The van der Waals surface area contributed by atoms with E-state index in [9.17, 15) is 9.59 Å². The van der Waals surface area contributed by atoms with E-state index in [1.54, 1.807) is 6.92 Å². The number of nitrogens with one attached hydrogen (secondary N) is 1. The molecule has 0 aromatic rings. The van der Waals surface area contributed by atoms with E-state index in [1.807, 2.05) is 0 Å². The first-order chi connectivity index (χ1) is 9.58. The lowest BCUT2D eigenvalue weighted by Crippen LogP contribution is -2.43. The van der Waals surface area contributed by atoms with Crippen LogP contribution in [0.4, 0.5) is 0 Å². The number of ether oxygens (including phenoxy) is 2. The Hall–Kier alpha value is -1.10. The van der Waals surface area contributed by atoms with Gasteiger partial charge in [-0.3, -0.25) is 4.79 Å². The number of esters is 1. The summed E-state index contributed by atoms with van der Waals surface area (Å²) >= 11 is 0. The van der Waals surface area contributed by atoms with Crippen LogP contribution < -0.4 is 5.32 Å². The van der Waals surface area contributed by atoms with Crippen LogP contribution in [-0.2, 0) is 19.1 Å². The second-order valence-electron chi connectivity index (χ2n) is 5.45. The van der Waals surface area contributed by atoms with Crippen molar-refractivity contribution in [3.05, 3.63) is 0 Å². The van der Waals surface area contributed by atoms with Gasteiger partial charge in [0.1, 0.15) is 6.04 Å². The van der Waals surface area contributed by atoms with E-state index in [0.717, 1.165) is 45.1 Å². The summed E-state index contributed by atoms with van der Waals surface area (Å²) in [5, 5.41) is 2.71. The third-order valence-corrected chi connectivity index (χ3v) is 3.81. The number of amides is 1. The first-order valence-corrected chi connectivity index (χ1v) is 7.58. The molecule has 1 rings (SSSR count). The van der Waals surface area contributed by atoms with Crippen molar-refractivity contribution in [2.75, 3.05) is 13.7 Å². The van der Waals surface area contributed by atoms with Crippen molar-refractivity contribution >= 4 is 11.9 Å². The zero-order valence-corrected chi connectivity index (χ0v) is 12.8. The minimum Gasteiger partial charge on any atom is -0.467 e. The van der Waals surface area contributed by atoms with Crippen LogP contribution in [0.15, 0.2) is 0 Å². The van der Waals surface area contributed by atoms with Gasteiger partial charge in [0.15, 0.2) is 0 Å². The Kier molecular flexibility index (Phi) is 7.59. The highest BCUT2D eigenvalue weighted by Crippen LogP contribution is 2.26. The molecule has 0 heterocycles. The van der Waals surface area contributed by atoms with Gasteiger partial charge >= 0.3 is 5.97 Å². The van der Waals surface area contributed by atoms with Crippen molar-refractivity contribution in [1.82, 2.24) is 5.32 Å². The van der Waals surface area contributed by atoms with Gasteiger partial charge in [0.2, 0.25) is 5.91 Å². The topological polar surface area (TPSA) is 64.6 Å². The highest BCUT2D eigenvalue weighted by molar-refractivity contribution is 5.85. The minimum absolute atomic E-state index is 0.00636. The van der Waals surface area contributed by atoms with Crippen LogP contribution in [0.3, 0.4) is 0 Å². The standard InChI is InChI=1S/C15H27NO4/c1-4-5-10-20-13-8-6-12(7-9-13)14(17)16-11(2)15(18)19-3/h11-13H,4-10H2,1-3H3,(H,16,17)/t11-,12?,13?/m0/s1. The number of methoxy groups -OCH3 is 1. The molecular weight excluding hydrogens is 258 g/mol. The summed E-state index contributed by atoms with van der Waals surface area (Å²) in [4.78, 5) is 23.3. The first kappa shape index (κ1) is 17.0. The van der Waals surface area contributed by atoms with Crippen LogP contribution in [0.5, 0.6) is 0 Å². The van der Waals surface area contributed by atoms with E-state index < -0.39 is 12.0 Å². The van der Waals surface area contributed by atoms with E-state index >= 15 is 0 Å². The van der Waals surface area contributed by atoms with Gasteiger partial charge in [-0.2, -0.15) is 0 Å². The average molecular weight is 285 g/mol. The molecule has 1 N–H and O–H groups in total. The van der Waals surface area contributed by atoms with E-state index in [2.05, 4.69) is 17.0 Å². The molecule has 1 aliphatic rings. The average Bonchev–Trinajstić information content (AvgIpc) is 2.47. The quantitative estimate of drug-likeness (QED) is 0.574. The van der Waals surface area contributed by atoms with Gasteiger partial charge in [-0.15, -0.1) is 0 Å². The van der Waals surface area contributed by atoms with Crippen molar-refractivity contribution in [2.45, 2.75) is 64.5 Å². The summed E-state index contributed by atoms with van der Waals surface area (Å²) in [6.45, 7) is 4.60.